The van der Waals surface area contributed by atoms with Crippen LogP contribution in [-0.4, -0.2) is 25.8 Å². The van der Waals surface area contributed by atoms with Gasteiger partial charge in [0.15, 0.2) is 5.82 Å². The smallest absolute Gasteiger partial charge is 0.259 e. The minimum Gasteiger partial charge on any atom is -0.305 e. The summed E-state index contributed by atoms with van der Waals surface area (Å²) in [4.78, 5) is 26.7. The number of nitrogens with one attached hydrogen (secondary N) is 1. The van der Waals surface area contributed by atoms with E-state index in [0.717, 1.165) is 0 Å². The second-order valence-electron chi connectivity index (χ2n) is 2.81. The Balaban J connectivity index is 2.11. The van der Waals surface area contributed by atoms with Crippen LogP contribution in [0.25, 0.3) is 0 Å². The van der Waals surface area contributed by atoms with E-state index < -0.39 is 0 Å². The second-order valence-corrected chi connectivity index (χ2v) is 3.19. The summed E-state index contributed by atoms with van der Waals surface area (Å²) in [6, 6.07) is 0. The van der Waals surface area contributed by atoms with Crippen LogP contribution < -0.4 is 5.32 Å². The van der Waals surface area contributed by atoms with Gasteiger partial charge >= 0.3 is 0 Å². The third-order valence-corrected chi connectivity index (χ3v) is 1.88. The molecule has 2 aromatic rings. The summed E-state index contributed by atoms with van der Waals surface area (Å²) in [7, 11) is 0. The van der Waals surface area contributed by atoms with E-state index in [-0.39, 0.29) is 11.1 Å². The zero-order chi connectivity index (χ0) is 11.4. The van der Waals surface area contributed by atoms with Crippen molar-refractivity contribution in [3.63, 3.8) is 0 Å². The molecule has 0 unspecified atom stereocenters. The molecule has 0 fully saturated rings. The molecule has 2 heterocycles. The number of hydrogen-bond acceptors (Lipinski definition) is 5. The highest BCUT2D eigenvalue weighted by Crippen LogP contribution is 2.06. The number of carbonyl (C=O) groups excluding carboxylic acids is 1. The predicted octanol–water partition coefficient (Wildman–Crippen LogP) is 1.17. The van der Waals surface area contributed by atoms with Gasteiger partial charge in [0, 0.05) is 12.4 Å². The molecule has 0 aliphatic rings. The van der Waals surface area contributed by atoms with Crippen LogP contribution in [0, 0.1) is 0 Å². The molecule has 0 spiro atoms. The molecule has 1 amide bonds. The van der Waals surface area contributed by atoms with Gasteiger partial charge in [0.25, 0.3) is 5.91 Å². The predicted molar refractivity (Wildman–Crippen MR) is 57.0 cm³/mol. The first kappa shape index (κ1) is 10.4. The first-order valence-corrected chi connectivity index (χ1v) is 4.67. The average molecular weight is 236 g/mol. The van der Waals surface area contributed by atoms with Crippen LogP contribution in [0.5, 0.6) is 0 Å². The topological polar surface area (TPSA) is 80.7 Å². The van der Waals surface area contributed by atoms with Crippen LogP contribution >= 0.6 is 11.6 Å². The van der Waals surface area contributed by atoms with E-state index in [1.165, 1.54) is 31.1 Å². The highest BCUT2D eigenvalue weighted by Gasteiger charge is 2.06. The van der Waals surface area contributed by atoms with Crippen molar-refractivity contribution >= 4 is 23.3 Å². The fraction of sp³-hybridized carbons (Fsp3) is 0. The SMILES string of the molecule is O=C(Nc1cnc(Cl)cn1)c1cncnc1. The Morgan fingerprint density at radius 1 is 1.12 bits per heavy atom. The minimum atomic E-state index is -0.350. The van der Waals surface area contributed by atoms with E-state index >= 15 is 0 Å². The van der Waals surface area contributed by atoms with E-state index in [1.807, 2.05) is 0 Å². The van der Waals surface area contributed by atoms with Gasteiger partial charge in [-0.05, 0) is 0 Å². The molecular weight excluding hydrogens is 230 g/mol. The van der Waals surface area contributed by atoms with Gasteiger partial charge in [-0.1, -0.05) is 11.6 Å². The molecular formula is C9H6ClN5O. The van der Waals surface area contributed by atoms with Crippen molar-refractivity contribution in [3.05, 3.63) is 41.8 Å². The van der Waals surface area contributed by atoms with E-state index in [1.54, 1.807) is 0 Å². The van der Waals surface area contributed by atoms with Gasteiger partial charge in [-0.25, -0.2) is 19.9 Å². The van der Waals surface area contributed by atoms with Crippen molar-refractivity contribution in [2.75, 3.05) is 5.32 Å². The monoisotopic (exact) mass is 235 g/mol. The molecule has 0 saturated heterocycles. The Morgan fingerprint density at radius 2 is 1.88 bits per heavy atom. The molecule has 7 heteroatoms. The van der Waals surface area contributed by atoms with Gasteiger partial charge < -0.3 is 5.32 Å². The lowest BCUT2D eigenvalue weighted by Gasteiger charge is -2.02. The third-order valence-electron chi connectivity index (χ3n) is 1.68. The standard InChI is InChI=1S/C9H6ClN5O/c10-7-3-14-8(4-13-7)15-9(16)6-1-11-5-12-2-6/h1-5H,(H,14,15,16). The lowest BCUT2D eigenvalue weighted by atomic mass is 10.3. The van der Waals surface area contributed by atoms with Crippen LogP contribution in [0.2, 0.25) is 5.15 Å². The molecule has 0 saturated carbocycles. The number of amides is 1. The lowest BCUT2D eigenvalue weighted by Crippen LogP contribution is -2.13. The van der Waals surface area contributed by atoms with Gasteiger partial charge in [0.2, 0.25) is 0 Å². The van der Waals surface area contributed by atoms with Gasteiger partial charge in [-0.2, -0.15) is 0 Å². The maximum atomic E-state index is 11.6. The van der Waals surface area contributed by atoms with Crippen LogP contribution in [0.4, 0.5) is 5.82 Å². The molecule has 1 N–H and O–H groups in total. The summed E-state index contributed by atoms with van der Waals surface area (Å²) in [6.45, 7) is 0. The number of rotatable bonds is 2. The summed E-state index contributed by atoms with van der Waals surface area (Å²) < 4.78 is 0. The molecule has 16 heavy (non-hydrogen) atoms. The summed E-state index contributed by atoms with van der Waals surface area (Å²) in [6.07, 6.45) is 6.87. The normalized spacial score (nSPS) is 9.81. The highest BCUT2D eigenvalue weighted by atomic mass is 35.5. The van der Waals surface area contributed by atoms with E-state index in [4.69, 9.17) is 11.6 Å². The quantitative estimate of drug-likeness (QED) is 0.845. The van der Waals surface area contributed by atoms with Crippen molar-refractivity contribution in [2.45, 2.75) is 0 Å². The van der Waals surface area contributed by atoms with Gasteiger partial charge in [-0.3, -0.25) is 4.79 Å². The Labute approximate surface area is 95.7 Å². The fourth-order valence-electron chi connectivity index (χ4n) is 0.982. The number of halogens is 1. The lowest BCUT2D eigenvalue weighted by molar-refractivity contribution is 0.102. The minimum absolute atomic E-state index is 0.265. The maximum absolute atomic E-state index is 11.6. The molecule has 80 valence electrons. The van der Waals surface area contributed by atoms with Crippen LogP contribution in [0.15, 0.2) is 31.1 Å². The van der Waals surface area contributed by atoms with Crippen LogP contribution in [0.3, 0.4) is 0 Å². The van der Waals surface area contributed by atoms with Gasteiger partial charge in [0.1, 0.15) is 11.5 Å². The van der Waals surface area contributed by atoms with E-state index in [2.05, 4.69) is 25.3 Å². The number of hydrogen-bond donors (Lipinski definition) is 1. The molecule has 0 aromatic carbocycles. The second kappa shape index (κ2) is 4.63. The Kier molecular flexibility index (Phi) is 3.02. The summed E-state index contributed by atoms with van der Waals surface area (Å²) in [5, 5.41) is 2.80. The Morgan fingerprint density at radius 3 is 2.50 bits per heavy atom. The largest absolute Gasteiger partial charge is 0.305 e. The summed E-state index contributed by atoms with van der Waals surface area (Å²) >= 11 is 5.56. The highest BCUT2D eigenvalue weighted by molar-refractivity contribution is 6.29. The molecule has 2 aromatic heterocycles. The number of anilines is 1. The van der Waals surface area contributed by atoms with E-state index in [0.29, 0.717) is 11.4 Å². The van der Waals surface area contributed by atoms with Crippen molar-refractivity contribution < 1.29 is 4.79 Å². The fourth-order valence-corrected chi connectivity index (χ4v) is 1.08. The third kappa shape index (κ3) is 2.48. The zero-order valence-corrected chi connectivity index (χ0v) is 8.72. The molecule has 0 radical (unpaired) electrons. The molecule has 6 nitrogen and oxygen atoms in total. The molecule has 0 aliphatic heterocycles. The van der Waals surface area contributed by atoms with Crippen molar-refractivity contribution in [3.8, 4) is 0 Å². The first-order chi connectivity index (χ1) is 7.75. The zero-order valence-electron chi connectivity index (χ0n) is 7.96. The van der Waals surface area contributed by atoms with Crippen molar-refractivity contribution in [1.82, 2.24) is 19.9 Å². The van der Waals surface area contributed by atoms with Gasteiger partial charge in [-0.15, -0.1) is 0 Å². The van der Waals surface area contributed by atoms with Crippen LogP contribution in [0.1, 0.15) is 10.4 Å². The van der Waals surface area contributed by atoms with Crippen LogP contribution in [-0.2, 0) is 0 Å². The van der Waals surface area contributed by atoms with Crippen molar-refractivity contribution in [2.24, 2.45) is 0 Å². The molecule has 0 aliphatic carbocycles. The molecule has 2 rings (SSSR count). The Hall–Kier alpha value is -2.08. The summed E-state index contributed by atoms with van der Waals surface area (Å²) in [5.74, 6) is -0.0320. The average Bonchev–Trinajstić information content (AvgIpc) is 2.33. The number of carbonyl (C=O) groups is 1. The number of nitrogens with zero attached hydrogens (tertiary/aromatic N) is 4. The summed E-state index contributed by atoms with van der Waals surface area (Å²) in [5.41, 5.74) is 0.347. The Bertz CT molecular complexity index is 487. The van der Waals surface area contributed by atoms with Gasteiger partial charge in [0.05, 0.1) is 18.0 Å². The molecule has 0 atom stereocenters. The maximum Gasteiger partial charge on any atom is 0.259 e. The van der Waals surface area contributed by atoms with E-state index in [9.17, 15) is 4.79 Å². The first-order valence-electron chi connectivity index (χ1n) is 4.29. The molecule has 0 bridgehead atoms. The van der Waals surface area contributed by atoms with Crippen molar-refractivity contribution in [1.29, 1.82) is 0 Å². The number of aromatic nitrogens is 4.